The minimum atomic E-state index is 0.0239. The van der Waals surface area contributed by atoms with Gasteiger partial charge < -0.3 is 9.47 Å². The van der Waals surface area contributed by atoms with Crippen LogP contribution in [0, 0.1) is 0 Å². The first-order valence-electron chi connectivity index (χ1n) is 6.63. The lowest BCUT2D eigenvalue weighted by Crippen LogP contribution is -2.03. The molecular weight excluding hydrogens is 313 g/mol. The second-order valence-electron chi connectivity index (χ2n) is 4.23. The van der Waals surface area contributed by atoms with Gasteiger partial charge in [-0.1, -0.05) is 25.4 Å². The molecule has 0 bridgehead atoms. The summed E-state index contributed by atoms with van der Waals surface area (Å²) in [7, 11) is 0. The highest BCUT2D eigenvalue weighted by Gasteiger charge is 2.09. The van der Waals surface area contributed by atoms with Gasteiger partial charge in [0.1, 0.15) is 5.75 Å². The van der Waals surface area contributed by atoms with E-state index in [2.05, 4.69) is 15.0 Å². The fraction of sp³-hybridized carbons (Fsp3) is 0.357. The predicted molar refractivity (Wildman–Crippen MR) is 81.5 cm³/mol. The zero-order chi connectivity index (χ0) is 15.2. The van der Waals surface area contributed by atoms with Crippen molar-refractivity contribution < 1.29 is 9.47 Å². The standard InChI is InChI=1S/C14H15Cl2N3O2/c1-3-7-20-13-17-12(16)18-14(19-13)21-10-5-6-11(15)9(4-2)8-10/h5-6,8H,3-4,7H2,1-2H3. The van der Waals surface area contributed by atoms with Crippen LogP contribution >= 0.6 is 23.2 Å². The molecule has 1 aromatic heterocycles. The summed E-state index contributed by atoms with van der Waals surface area (Å²) in [6.45, 7) is 4.50. The maximum Gasteiger partial charge on any atom is 0.329 e. The van der Waals surface area contributed by atoms with Gasteiger partial charge in [-0.25, -0.2) is 0 Å². The van der Waals surface area contributed by atoms with Crippen molar-refractivity contribution in [2.24, 2.45) is 0 Å². The lowest BCUT2D eigenvalue weighted by molar-refractivity contribution is 0.284. The van der Waals surface area contributed by atoms with Crippen LogP contribution in [0.2, 0.25) is 10.3 Å². The molecule has 7 heteroatoms. The molecule has 0 amide bonds. The molecule has 0 unspecified atom stereocenters. The number of benzene rings is 1. The van der Waals surface area contributed by atoms with Gasteiger partial charge >= 0.3 is 12.0 Å². The van der Waals surface area contributed by atoms with Gasteiger partial charge in [0.2, 0.25) is 5.28 Å². The van der Waals surface area contributed by atoms with Gasteiger partial charge in [-0.15, -0.1) is 4.98 Å². The Morgan fingerprint density at radius 2 is 1.81 bits per heavy atom. The summed E-state index contributed by atoms with van der Waals surface area (Å²) in [5, 5.41) is 0.723. The topological polar surface area (TPSA) is 57.1 Å². The van der Waals surface area contributed by atoms with Crippen LogP contribution in [0.15, 0.2) is 18.2 Å². The Morgan fingerprint density at radius 1 is 1.05 bits per heavy atom. The molecule has 0 aliphatic heterocycles. The number of ether oxygens (including phenoxy) is 2. The van der Waals surface area contributed by atoms with Gasteiger partial charge in [-0.3, -0.25) is 0 Å². The van der Waals surface area contributed by atoms with E-state index < -0.39 is 0 Å². The normalized spacial score (nSPS) is 10.5. The number of aromatic nitrogens is 3. The molecule has 0 spiro atoms. The highest BCUT2D eigenvalue weighted by molar-refractivity contribution is 6.31. The van der Waals surface area contributed by atoms with Crippen molar-refractivity contribution in [3.63, 3.8) is 0 Å². The summed E-state index contributed by atoms with van der Waals surface area (Å²) in [6.07, 6.45) is 1.65. The first-order valence-corrected chi connectivity index (χ1v) is 7.38. The molecule has 0 aliphatic rings. The van der Waals surface area contributed by atoms with E-state index in [1.807, 2.05) is 19.9 Å². The molecule has 0 saturated carbocycles. The van der Waals surface area contributed by atoms with Crippen molar-refractivity contribution in [1.29, 1.82) is 0 Å². The van der Waals surface area contributed by atoms with Gasteiger partial charge in [0.25, 0.3) is 0 Å². The van der Waals surface area contributed by atoms with Crippen molar-refractivity contribution >= 4 is 23.2 Å². The molecule has 0 radical (unpaired) electrons. The molecule has 0 saturated heterocycles. The van der Waals surface area contributed by atoms with Crippen molar-refractivity contribution in [3.8, 4) is 17.8 Å². The molecule has 5 nitrogen and oxygen atoms in total. The van der Waals surface area contributed by atoms with Crippen molar-refractivity contribution in [3.05, 3.63) is 34.1 Å². The highest BCUT2D eigenvalue weighted by atomic mass is 35.5. The zero-order valence-corrected chi connectivity index (χ0v) is 13.3. The van der Waals surface area contributed by atoms with E-state index in [1.165, 1.54) is 0 Å². The Labute approximate surface area is 133 Å². The van der Waals surface area contributed by atoms with Crippen molar-refractivity contribution in [2.45, 2.75) is 26.7 Å². The number of aryl methyl sites for hydroxylation is 1. The van der Waals surface area contributed by atoms with E-state index >= 15 is 0 Å². The summed E-state index contributed by atoms with van der Waals surface area (Å²) in [5.41, 5.74) is 0.983. The van der Waals surface area contributed by atoms with Crippen molar-refractivity contribution in [1.82, 2.24) is 15.0 Å². The van der Waals surface area contributed by atoms with E-state index in [9.17, 15) is 0 Å². The lowest BCUT2D eigenvalue weighted by atomic mass is 10.1. The summed E-state index contributed by atoms with van der Waals surface area (Å²) in [6, 6.07) is 5.59. The van der Waals surface area contributed by atoms with Crippen LogP contribution in [0.5, 0.6) is 17.8 Å². The van der Waals surface area contributed by atoms with Crippen molar-refractivity contribution in [2.75, 3.05) is 6.61 Å². The monoisotopic (exact) mass is 327 g/mol. The predicted octanol–water partition coefficient (Wildman–Crippen LogP) is 4.32. The minimum absolute atomic E-state index is 0.0239. The number of nitrogens with zero attached hydrogens (tertiary/aromatic N) is 3. The van der Waals surface area contributed by atoms with Gasteiger partial charge in [-0.05, 0) is 48.2 Å². The van der Waals surface area contributed by atoms with E-state index in [4.69, 9.17) is 32.7 Å². The second kappa shape index (κ2) is 7.43. The number of halogens is 2. The lowest BCUT2D eigenvalue weighted by Gasteiger charge is -2.08. The molecule has 1 heterocycles. The highest BCUT2D eigenvalue weighted by Crippen LogP contribution is 2.26. The molecule has 21 heavy (non-hydrogen) atoms. The van der Waals surface area contributed by atoms with E-state index in [-0.39, 0.29) is 17.3 Å². The summed E-state index contributed by atoms with van der Waals surface area (Å²) in [5.74, 6) is 0.583. The Morgan fingerprint density at radius 3 is 2.52 bits per heavy atom. The molecule has 0 N–H and O–H groups in total. The fourth-order valence-corrected chi connectivity index (χ4v) is 2.00. The molecule has 0 aliphatic carbocycles. The van der Waals surface area contributed by atoms with Crippen LogP contribution in [0.1, 0.15) is 25.8 Å². The summed E-state index contributed by atoms with van der Waals surface area (Å²) >= 11 is 11.9. The van der Waals surface area contributed by atoms with Crippen LogP contribution in [-0.2, 0) is 6.42 Å². The third-order valence-corrected chi connectivity index (χ3v) is 3.15. The molecule has 2 aromatic rings. The first-order chi connectivity index (χ1) is 10.1. The van der Waals surface area contributed by atoms with Gasteiger partial charge in [0, 0.05) is 5.02 Å². The largest absolute Gasteiger partial charge is 0.463 e. The molecule has 0 atom stereocenters. The number of hydrogen-bond donors (Lipinski definition) is 0. The maximum atomic E-state index is 6.07. The fourth-order valence-electron chi connectivity index (χ4n) is 1.61. The molecule has 1 aromatic carbocycles. The molecule has 2 rings (SSSR count). The van der Waals surface area contributed by atoms with Crippen LogP contribution in [-0.4, -0.2) is 21.6 Å². The number of hydrogen-bond acceptors (Lipinski definition) is 5. The van der Waals surface area contributed by atoms with Crippen LogP contribution in [0.25, 0.3) is 0 Å². The minimum Gasteiger partial charge on any atom is -0.463 e. The summed E-state index contributed by atoms with van der Waals surface area (Å²) < 4.78 is 10.9. The molecular formula is C14H15Cl2N3O2. The first kappa shape index (κ1) is 15.8. The Balaban J connectivity index is 2.20. The van der Waals surface area contributed by atoms with Gasteiger partial charge in [-0.2, -0.15) is 9.97 Å². The van der Waals surface area contributed by atoms with Gasteiger partial charge in [0.05, 0.1) is 6.61 Å². The Kier molecular flexibility index (Phi) is 5.59. The third-order valence-electron chi connectivity index (χ3n) is 2.61. The third kappa shape index (κ3) is 4.44. The maximum absolute atomic E-state index is 6.07. The quantitative estimate of drug-likeness (QED) is 0.790. The zero-order valence-electron chi connectivity index (χ0n) is 11.8. The smallest absolute Gasteiger partial charge is 0.329 e. The average Bonchev–Trinajstić information content (AvgIpc) is 2.46. The average molecular weight is 328 g/mol. The molecule has 112 valence electrons. The van der Waals surface area contributed by atoms with E-state index in [0.717, 1.165) is 18.4 Å². The van der Waals surface area contributed by atoms with E-state index in [0.29, 0.717) is 17.4 Å². The van der Waals surface area contributed by atoms with Crippen LogP contribution in [0.4, 0.5) is 0 Å². The Hall–Kier alpha value is -1.59. The summed E-state index contributed by atoms with van der Waals surface area (Å²) in [4.78, 5) is 11.9. The second-order valence-corrected chi connectivity index (χ2v) is 4.97. The van der Waals surface area contributed by atoms with Crippen LogP contribution < -0.4 is 9.47 Å². The van der Waals surface area contributed by atoms with Gasteiger partial charge in [0.15, 0.2) is 0 Å². The van der Waals surface area contributed by atoms with Crippen LogP contribution in [0.3, 0.4) is 0 Å². The Bertz CT molecular complexity index is 623. The van der Waals surface area contributed by atoms with E-state index in [1.54, 1.807) is 12.1 Å². The SMILES string of the molecule is CCCOc1nc(Cl)nc(Oc2ccc(Cl)c(CC)c2)n1. The number of rotatable bonds is 6. The molecule has 0 fully saturated rings.